The molecule has 0 N–H and O–H groups in total. The molecule has 0 radical (unpaired) electrons. The van der Waals surface area contributed by atoms with Crippen LogP contribution in [0.25, 0.3) is 0 Å². The number of rotatable bonds is 4. The van der Waals surface area contributed by atoms with Gasteiger partial charge in [-0.05, 0) is 49.1 Å². The van der Waals surface area contributed by atoms with Gasteiger partial charge in [-0.1, -0.05) is 30.3 Å². The summed E-state index contributed by atoms with van der Waals surface area (Å²) in [5.41, 5.74) is 4.83. The van der Waals surface area contributed by atoms with Gasteiger partial charge in [0.15, 0.2) is 0 Å². The van der Waals surface area contributed by atoms with Gasteiger partial charge in [-0.3, -0.25) is 4.79 Å². The van der Waals surface area contributed by atoms with E-state index < -0.39 is 0 Å². The maximum atomic E-state index is 12.8. The molecule has 0 aromatic heterocycles. The van der Waals surface area contributed by atoms with E-state index in [0.717, 1.165) is 44.8 Å². The summed E-state index contributed by atoms with van der Waals surface area (Å²) < 4.78 is 5.41. The van der Waals surface area contributed by atoms with Gasteiger partial charge < -0.3 is 14.5 Å². The van der Waals surface area contributed by atoms with Crippen molar-refractivity contribution >= 4 is 17.3 Å². The molecule has 2 aromatic carbocycles. The molecule has 0 saturated carbocycles. The smallest absolute Gasteiger partial charge is 0.227 e. The number of nitrogens with zero attached hydrogens (tertiary/aromatic N) is 2. The Morgan fingerprint density at radius 2 is 1.81 bits per heavy atom. The molecule has 2 aliphatic rings. The number of hydrogen-bond donors (Lipinski definition) is 0. The Labute approximate surface area is 155 Å². The van der Waals surface area contributed by atoms with Gasteiger partial charge in [0.25, 0.3) is 0 Å². The summed E-state index contributed by atoms with van der Waals surface area (Å²) >= 11 is 0. The molecule has 0 aliphatic carbocycles. The van der Waals surface area contributed by atoms with Gasteiger partial charge in [0.05, 0.1) is 13.2 Å². The van der Waals surface area contributed by atoms with Crippen LogP contribution in [-0.4, -0.2) is 38.3 Å². The number of aryl methyl sites for hydroxylation is 1. The number of anilines is 2. The van der Waals surface area contributed by atoms with Gasteiger partial charge in [0.1, 0.15) is 0 Å². The van der Waals surface area contributed by atoms with E-state index in [1.807, 2.05) is 11.0 Å². The lowest BCUT2D eigenvalue weighted by Crippen LogP contribution is -2.36. The number of carbonyl (C=O) groups excluding carboxylic acids is 1. The van der Waals surface area contributed by atoms with Crippen LogP contribution in [0.2, 0.25) is 0 Å². The number of ether oxygens (including phenoxy) is 1. The molecule has 1 saturated heterocycles. The molecule has 1 atom stereocenters. The Bertz CT molecular complexity index is 766. The fourth-order valence-corrected chi connectivity index (χ4v) is 4.01. The standard InChI is InChI=1S/C22H26N2O2/c1-17-16-19-4-2-3-5-21(19)24(17)22(25)11-8-18-6-9-20(10-7-18)23-12-14-26-15-13-23/h2-7,9-10,17H,8,11-16H2,1H3. The van der Waals surface area contributed by atoms with Crippen LogP contribution >= 0.6 is 0 Å². The highest BCUT2D eigenvalue weighted by atomic mass is 16.5. The van der Waals surface area contributed by atoms with Gasteiger partial charge in [-0.25, -0.2) is 0 Å². The first-order valence-corrected chi connectivity index (χ1v) is 9.54. The highest BCUT2D eigenvalue weighted by Gasteiger charge is 2.29. The van der Waals surface area contributed by atoms with Crippen molar-refractivity contribution in [3.05, 3.63) is 59.7 Å². The molecule has 1 unspecified atom stereocenters. The summed E-state index contributed by atoms with van der Waals surface area (Å²) in [4.78, 5) is 17.1. The molecule has 136 valence electrons. The minimum atomic E-state index is 0.222. The molecule has 2 aliphatic heterocycles. The second kappa shape index (κ2) is 7.50. The van der Waals surface area contributed by atoms with Crippen LogP contribution in [0.5, 0.6) is 0 Å². The van der Waals surface area contributed by atoms with Crippen LogP contribution in [0.1, 0.15) is 24.5 Å². The van der Waals surface area contributed by atoms with E-state index >= 15 is 0 Å². The first-order valence-electron chi connectivity index (χ1n) is 9.54. The molecule has 0 bridgehead atoms. The molecular weight excluding hydrogens is 324 g/mol. The maximum Gasteiger partial charge on any atom is 0.227 e. The number of amides is 1. The minimum Gasteiger partial charge on any atom is -0.378 e. The first kappa shape index (κ1) is 17.1. The number of morpholine rings is 1. The quantitative estimate of drug-likeness (QED) is 0.847. The molecule has 4 rings (SSSR count). The second-order valence-electron chi connectivity index (χ2n) is 7.21. The summed E-state index contributed by atoms with van der Waals surface area (Å²) in [5, 5.41) is 0. The Kier molecular flexibility index (Phi) is 4.93. The first-order chi connectivity index (χ1) is 12.7. The zero-order valence-electron chi connectivity index (χ0n) is 15.4. The van der Waals surface area contributed by atoms with Crippen LogP contribution in [-0.2, 0) is 22.4 Å². The van der Waals surface area contributed by atoms with Crippen LogP contribution in [0, 0.1) is 0 Å². The van der Waals surface area contributed by atoms with Crippen molar-refractivity contribution < 1.29 is 9.53 Å². The largest absolute Gasteiger partial charge is 0.378 e. The molecule has 0 spiro atoms. The zero-order valence-corrected chi connectivity index (χ0v) is 15.4. The zero-order chi connectivity index (χ0) is 17.9. The number of carbonyl (C=O) groups is 1. The SMILES string of the molecule is CC1Cc2ccccc2N1C(=O)CCc1ccc(N2CCOCC2)cc1. The lowest BCUT2D eigenvalue weighted by atomic mass is 10.1. The fourth-order valence-electron chi connectivity index (χ4n) is 4.01. The molecule has 1 fully saturated rings. The third kappa shape index (κ3) is 3.47. The Morgan fingerprint density at radius 1 is 1.08 bits per heavy atom. The average molecular weight is 350 g/mol. The molecular formula is C22H26N2O2. The Balaban J connectivity index is 1.37. The van der Waals surface area contributed by atoms with Crippen molar-refractivity contribution in [3.63, 3.8) is 0 Å². The molecule has 2 aromatic rings. The fraction of sp³-hybridized carbons (Fsp3) is 0.409. The van der Waals surface area contributed by atoms with E-state index in [0.29, 0.717) is 6.42 Å². The lowest BCUT2D eigenvalue weighted by molar-refractivity contribution is -0.118. The van der Waals surface area contributed by atoms with Gasteiger partial charge in [0, 0.05) is 36.9 Å². The Hall–Kier alpha value is -2.33. The monoisotopic (exact) mass is 350 g/mol. The van der Waals surface area contributed by atoms with E-state index in [-0.39, 0.29) is 11.9 Å². The molecule has 2 heterocycles. The van der Waals surface area contributed by atoms with E-state index in [4.69, 9.17) is 4.74 Å². The second-order valence-corrected chi connectivity index (χ2v) is 7.21. The van der Waals surface area contributed by atoms with Crippen LogP contribution in [0.4, 0.5) is 11.4 Å². The van der Waals surface area contributed by atoms with E-state index in [9.17, 15) is 4.79 Å². The van der Waals surface area contributed by atoms with Crippen LogP contribution < -0.4 is 9.80 Å². The van der Waals surface area contributed by atoms with E-state index in [1.54, 1.807) is 0 Å². The third-order valence-corrected chi connectivity index (χ3v) is 5.42. The van der Waals surface area contributed by atoms with Gasteiger partial charge in [-0.2, -0.15) is 0 Å². The lowest BCUT2D eigenvalue weighted by Gasteiger charge is -2.29. The van der Waals surface area contributed by atoms with Gasteiger partial charge in [0.2, 0.25) is 5.91 Å². The minimum absolute atomic E-state index is 0.222. The summed E-state index contributed by atoms with van der Waals surface area (Å²) in [6.07, 6.45) is 2.29. The van der Waals surface area contributed by atoms with Crippen LogP contribution in [0.3, 0.4) is 0 Å². The number of benzene rings is 2. The van der Waals surface area contributed by atoms with Gasteiger partial charge in [-0.15, -0.1) is 0 Å². The predicted octanol–water partition coefficient (Wildman–Crippen LogP) is 3.43. The van der Waals surface area contributed by atoms with Crippen LogP contribution in [0.15, 0.2) is 48.5 Å². The predicted molar refractivity (Wildman–Crippen MR) is 105 cm³/mol. The number of hydrogen-bond acceptors (Lipinski definition) is 3. The molecule has 1 amide bonds. The van der Waals surface area contributed by atoms with Crippen molar-refractivity contribution in [3.8, 4) is 0 Å². The van der Waals surface area contributed by atoms with Crippen molar-refractivity contribution in [2.24, 2.45) is 0 Å². The van der Waals surface area contributed by atoms with Crippen molar-refractivity contribution in [1.82, 2.24) is 0 Å². The molecule has 4 nitrogen and oxygen atoms in total. The average Bonchev–Trinajstić information content (AvgIpc) is 3.03. The topological polar surface area (TPSA) is 32.8 Å². The van der Waals surface area contributed by atoms with Crippen molar-refractivity contribution in [2.75, 3.05) is 36.1 Å². The molecule has 26 heavy (non-hydrogen) atoms. The van der Waals surface area contributed by atoms with E-state index in [1.165, 1.54) is 16.8 Å². The third-order valence-electron chi connectivity index (χ3n) is 5.42. The highest BCUT2D eigenvalue weighted by molar-refractivity contribution is 5.96. The molecule has 4 heteroatoms. The summed E-state index contributed by atoms with van der Waals surface area (Å²) in [6.45, 7) is 5.63. The number of fused-ring (bicyclic) bond motifs is 1. The summed E-state index contributed by atoms with van der Waals surface area (Å²) in [6, 6.07) is 17.1. The van der Waals surface area contributed by atoms with Crippen molar-refractivity contribution in [2.45, 2.75) is 32.2 Å². The normalized spacial score (nSPS) is 19.5. The maximum absolute atomic E-state index is 12.8. The van der Waals surface area contributed by atoms with Gasteiger partial charge >= 0.3 is 0 Å². The van der Waals surface area contributed by atoms with Crippen molar-refractivity contribution in [1.29, 1.82) is 0 Å². The Morgan fingerprint density at radius 3 is 2.58 bits per heavy atom. The summed E-state index contributed by atoms with van der Waals surface area (Å²) in [7, 11) is 0. The van der Waals surface area contributed by atoms with E-state index in [2.05, 4.69) is 54.3 Å². The summed E-state index contributed by atoms with van der Waals surface area (Å²) in [5.74, 6) is 0.222. The highest BCUT2D eigenvalue weighted by Crippen LogP contribution is 2.32. The number of para-hydroxylation sites is 1.